The SMILES string of the molecule is CC(C)(CNC(=O)c1cccc(NS(=O)(=O)c2cccs2)c1)N1CCCCC1. The summed E-state index contributed by atoms with van der Waals surface area (Å²) in [6.45, 7) is 6.94. The molecule has 0 unspecified atom stereocenters. The van der Waals surface area contributed by atoms with Crippen LogP contribution in [0.5, 0.6) is 0 Å². The fourth-order valence-electron chi connectivity index (χ4n) is 3.36. The third-order valence-corrected chi connectivity index (χ3v) is 7.81. The number of rotatable bonds is 7. The van der Waals surface area contributed by atoms with Crippen LogP contribution < -0.4 is 10.0 Å². The number of nitrogens with one attached hydrogen (secondary N) is 2. The number of hydrogen-bond donors (Lipinski definition) is 2. The van der Waals surface area contributed by atoms with Gasteiger partial charge in [-0.2, -0.15) is 0 Å². The lowest BCUT2D eigenvalue weighted by Gasteiger charge is -2.41. The quantitative estimate of drug-likeness (QED) is 0.717. The standard InChI is InChI=1S/C20H27N3O3S2/c1-20(2,23-11-4-3-5-12-23)15-21-19(24)16-8-6-9-17(14-16)22-28(25,26)18-10-7-13-27-18/h6-10,13-14,22H,3-5,11-12,15H2,1-2H3,(H,21,24). The Morgan fingerprint density at radius 1 is 1.14 bits per heavy atom. The second-order valence-electron chi connectivity index (χ2n) is 7.66. The Morgan fingerprint density at radius 3 is 2.57 bits per heavy atom. The first kappa shape index (κ1) is 20.8. The summed E-state index contributed by atoms with van der Waals surface area (Å²) in [6, 6.07) is 9.80. The molecule has 0 radical (unpaired) electrons. The van der Waals surface area contributed by atoms with Gasteiger partial charge in [-0.25, -0.2) is 8.42 Å². The highest BCUT2D eigenvalue weighted by Gasteiger charge is 2.28. The monoisotopic (exact) mass is 421 g/mol. The van der Waals surface area contributed by atoms with Crippen LogP contribution in [0.4, 0.5) is 5.69 Å². The van der Waals surface area contributed by atoms with Gasteiger partial charge in [0.15, 0.2) is 0 Å². The highest BCUT2D eigenvalue weighted by Crippen LogP contribution is 2.22. The van der Waals surface area contributed by atoms with Crippen LogP contribution in [0.1, 0.15) is 43.5 Å². The van der Waals surface area contributed by atoms with Crippen LogP contribution in [0, 0.1) is 0 Å². The maximum absolute atomic E-state index is 12.6. The molecule has 0 atom stereocenters. The van der Waals surface area contributed by atoms with E-state index >= 15 is 0 Å². The van der Waals surface area contributed by atoms with E-state index in [1.165, 1.54) is 19.3 Å². The molecule has 6 nitrogen and oxygen atoms in total. The Hall–Kier alpha value is -1.90. The van der Waals surface area contributed by atoms with Gasteiger partial charge in [-0.15, -0.1) is 11.3 Å². The van der Waals surface area contributed by atoms with Crippen molar-refractivity contribution in [2.24, 2.45) is 0 Å². The Bertz CT molecular complexity index is 903. The number of benzene rings is 1. The molecular weight excluding hydrogens is 394 g/mol. The summed E-state index contributed by atoms with van der Waals surface area (Å²) < 4.78 is 27.5. The number of likely N-dealkylation sites (tertiary alicyclic amines) is 1. The molecule has 0 spiro atoms. The maximum Gasteiger partial charge on any atom is 0.271 e. The van der Waals surface area contributed by atoms with E-state index in [9.17, 15) is 13.2 Å². The van der Waals surface area contributed by atoms with Gasteiger partial charge in [0.2, 0.25) is 0 Å². The van der Waals surface area contributed by atoms with Crippen LogP contribution in [-0.4, -0.2) is 44.4 Å². The molecule has 3 rings (SSSR count). The highest BCUT2D eigenvalue weighted by molar-refractivity contribution is 7.94. The Labute approximate surface area is 171 Å². The van der Waals surface area contributed by atoms with Crippen LogP contribution >= 0.6 is 11.3 Å². The van der Waals surface area contributed by atoms with E-state index in [1.54, 1.807) is 41.8 Å². The van der Waals surface area contributed by atoms with Crippen LogP contribution in [0.25, 0.3) is 0 Å². The summed E-state index contributed by atoms with van der Waals surface area (Å²) in [6.07, 6.45) is 3.67. The van der Waals surface area contributed by atoms with Crippen molar-refractivity contribution in [3.8, 4) is 0 Å². The lowest BCUT2D eigenvalue weighted by Crippen LogP contribution is -2.53. The number of anilines is 1. The Balaban J connectivity index is 1.64. The van der Waals surface area contributed by atoms with Crippen molar-refractivity contribution < 1.29 is 13.2 Å². The van der Waals surface area contributed by atoms with E-state index in [0.717, 1.165) is 24.4 Å². The van der Waals surface area contributed by atoms with Crippen molar-refractivity contribution in [1.82, 2.24) is 10.2 Å². The van der Waals surface area contributed by atoms with Crippen LogP contribution in [0.15, 0.2) is 46.0 Å². The lowest BCUT2D eigenvalue weighted by atomic mass is 9.98. The van der Waals surface area contributed by atoms with E-state index in [0.29, 0.717) is 17.8 Å². The molecule has 0 aliphatic carbocycles. The average Bonchev–Trinajstić information content (AvgIpc) is 3.23. The number of thiophene rings is 1. The summed E-state index contributed by atoms with van der Waals surface area (Å²) in [4.78, 5) is 15.0. The first-order valence-electron chi connectivity index (χ1n) is 9.48. The van der Waals surface area contributed by atoms with E-state index in [4.69, 9.17) is 0 Å². The summed E-state index contributed by atoms with van der Waals surface area (Å²) in [7, 11) is -3.63. The topological polar surface area (TPSA) is 78.5 Å². The fourth-order valence-corrected chi connectivity index (χ4v) is 5.40. The summed E-state index contributed by atoms with van der Waals surface area (Å²) >= 11 is 1.15. The fraction of sp³-hybridized carbons (Fsp3) is 0.450. The summed E-state index contributed by atoms with van der Waals surface area (Å²) in [5.74, 6) is -0.206. The average molecular weight is 422 g/mol. The van der Waals surface area contributed by atoms with Crippen LogP contribution in [0.3, 0.4) is 0 Å². The molecular formula is C20H27N3O3S2. The zero-order valence-corrected chi connectivity index (χ0v) is 17.9. The van der Waals surface area contributed by atoms with Gasteiger partial charge in [-0.1, -0.05) is 18.6 Å². The lowest BCUT2D eigenvalue weighted by molar-refractivity contribution is 0.0797. The van der Waals surface area contributed by atoms with Crippen molar-refractivity contribution in [2.45, 2.75) is 42.9 Å². The molecule has 2 heterocycles. The smallest absolute Gasteiger partial charge is 0.271 e. The number of carbonyl (C=O) groups is 1. The predicted molar refractivity (Wildman–Crippen MR) is 113 cm³/mol. The van der Waals surface area contributed by atoms with E-state index in [1.807, 2.05) is 0 Å². The molecule has 1 aliphatic heterocycles. The first-order valence-corrected chi connectivity index (χ1v) is 11.8. The number of nitrogens with zero attached hydrogens (tertiary/aromatic N) is 1. The Kier molecular flexibility index (Phi) is 6.42. The van der Waals surface area contributed by atoms with Crippen molar-refractivity contribution in [3.63, 3.8) is 0 Å². The number of amides is 1. The molecule has 1 fully saturated rings. The minimum atomic E-state index is -3.63. The molecule has 152 valence electrons. The second kappa shape index (κ2) is 8.63. The molecule has 1 saturated heterocycles. The number of piperidine rings is 1. The van der Waals surface area contributed by atoms with E-state index in [2.05, 4.69) is 28.8 Å². The highest BCUT2D eigenvalue weighted by atomic mass is 32.2. The predicted octanol–water partition coefficient (Wildman–Crippen LogP) is 3.54. The Morgan fingerprint density at radius 2 is 1.89 bits per heavy atom. The number of hydrogen-bond acceptors (Lipinski definition) is 5. The van der Waals surface area contributed by atoms with Crippen molar-refractivity contribution in [3.05, 3.63) is 47.3 Å². The molecule has 1 aromatic heterocycles. The molecule has 28 heavy (non-hydrogen) atoms. The molecule has 8 heteroatoms. The summed E-state index contributed by atoms with van der Waals surface area (Å²) in [5.41, 5.74) is 0.686. The van der Waals surface area contributed by atoms with Crippen molar-refractivity contribution in [1.29, 1.82) is 0 Å². The van der Waals surface area contributed by atoms with Gasteiger partial charge in [-0.3, -0.25) is 14.4 Å². The van der Waals surface area contributed by atoms with Crippen LogP contribution in [0.2, 0.25) is 0 Å². The van der Waals surface area contributed by atoms with Gasteiger partial charge >= 0.3 is 0 Å². The normalized spacial score (nSPS) is 15.9. The third-order valence-electron chi connectivity index (χ3n) is 5.03. The van der Waals surface area contributed by atoms with Gasteiger partial charge in [0.05, 0.1) is 0 Å². The zero-order valence-electron chi connectivity index (χ0n) is 16.3. The number of sulfonamides is 1. The minimum absolute atomic E-state index is 0.117. The second-order valence-corrected chi connectivity index (χ2v) is 10.5. The zero-order chi connectivity index (χ0) is 20.2. The van der Waals surface area contributed by atoms with Gasteiger partial charge in [0.1, 0.15) is 4.21 Å². The summed E-state index contributed by atoms with van der Waals surface area (Å²) in [5, 5.41) is 4.71. The first-order chi connectivity index (χ1) is 13.3. The largest absolute Gasteiger partial charge is 0.350 e. The third kappa shape index (κ3) is 5.12. The molecule has 2 aromatic rings. The van der Waals surface area contributed by atoms with Gasteiger partial charge in [0.25, 0.3) is 15.9 Å². The van der Waals surface area contributed by atoms with Crippen LogP contribution in [-0.2, 0) is 10.0 Å². The molecule has 2 N–H and O–H groups in total. The molecule has 1 aromatic carbocycles. The van der Waals surface area contributed by atoms with Gasteiger partial charge in [0, 0.05) is 23.3 Å². The molecule has 0 saturated carbocycles. The molecule has 1 aliphatic rings. The number of carbonyl (C=O) groups excluding carboxylic acids is 1. The maximum atomic E-state index is 12.6. The molecule has 0 bridgehead atoms. The van der Waals surface area contributed by atoms with Crippen molar-refractivity contribution >= 4 is 33.0 Å². The minimum Gasteiger partial charge on any atom is -0.350 e. The van der Waals surface area contributed by atoms with Crippen molar-refractivity contribution in [2.75, 3.05) is 24.4 Å². The van der Waals surface area contributed by atoms with Gasteiger partial charge < -0.3 is 5.32 Å². The van der Waals surface area contributed by atoms with E-state index < -0.39 is 10.0 Å². The van der Waals surface area contributed by atoms with E-state index in [-0.39, 0.29) is 15.7 Å². The molecule has 1 amide bonds. The van der Waals surface area contributed by atoms with Gasteiger partial charge in [-0.05, 0) is 69.4 Å².